The average Bonchev–Trinajstić information content (AvgIpc) is 4.31. The summed E-state index contributed by atoms with van der Waals surface area (Å²) in [4.78, 5) is 9.44. The molecule has 0 amide bonds. The van der Waals surface area contributed by atoms with Gasteiger partial charge in [-0.2, -0.15) is 19.6 Å². The molecule has 406 valence electrons. The zero-order valence-corrected chi connectivity index (χ0v) is 48.2. The monoisotopic (exact) mass is 1080 g/mol. The number of hydrogen-bond donors (Lipinski definition) is 3. The molecule has 17 heteroatoms. The Balaban J connectivity index is 0.000000167. The quantitative estimate of drug-likeness (QED) is 0.0641. The summed E-state index contributed by atoms with van der Waals surface area (Å²) in [7, 11) is 6.52. The van der Waals surface area contributed by atoms with Crippen molar-refractivity contribution in [2.45, 2.75) is 141 Å². The molecule has 4 aromatic carbocycles. The third kappa shape index (κ3) is 8.46. The summed E-state index contributed by atoms with van der Waals surface area (Å²) in [5.74, 6) is 4.28. The summed E-state index contributed by atoms with van der Waals surface area (Å²) in [6.07, 6.45) is 6.17. The minimum Gasteiger partial charge on any atom is -0.489 e. The van der Waals surface area contributed by atoms with Crippen LogP contribution in [0.5, 0.6) is 34.5 Å². The second kappa shape index (κ2) is 21.8. The van der Waals surface area contributed by atoms with Crippen LogP contribution < -0.4 is 28.4 Å². The van der Waals surface area contributed by atoms with Crippen molar-refractivity contribution in [1.29, 1.82) is 13.3 Å². The van der Waals surface area contributed by atoms with Crippen molar-refractivity contribution in [3.63, 3.8) is 0 Å². The lowest BCUT2D eigenvalue weighted by Crippen LogP contribution is -2.68. The van der Waals surface area contributed by atoms with Gasteiger partial charge in [-0.05, 0) is 152 Å². The number of aryl methyl sites for hydroxylation is 2. The molecule has 0 radical (unpaired) electrons. The Hall–Kier alpha value is -5.26. The molecule has 2 fully saturated rings. The lowest BCUT2D eigenvalue weighted by molar-refractivity contribution is -0.0821. The molecular formula is C60H74BN6O8PS. The SMILES string of the molecule is C=CCOc1c(C)c2c(c3c1CC1C4c5c(cc(C)c(C)c5C)C[C@@H]([C@H](C#N)N1[C@H]3CO)N4C)OCO2.[2H]B(P)S.[3H]OC[C@H]1c2c(c(OCC=C)c(C)c3c2OCO3)CC2C3c4c(cc(C)c(C)c4C)C[C@@H]([C@H](C#N)N21)N3C. The van der Waals surface area contributed by atoms with E-state index < -0.39 is 6.04 Å². The number of benzene rings is 4. The summed E-state index contributed by atoms with van der Waals surface area (Å²) < 4.78 is 50.6. The Bertz CT molecular complexity index is 3210. The molecule has 8 aliphatic heterocycles. The van der Waals surface area contributed by atoms with Crippen LogP contribution in [-0.2, 0) is 25.7 Å². The Morgan fingerprint density at radius 2 is 1.06 bits per heavy atom. The Morgan fingerprint density at radius 1 is 0.675 bits per heavy atom. The van der Waals surface area contributed by atoms with E-state index in [-0.39, 0.29) is 87.4 Å². The second-order valence-corrected chi connectivity index (χ2v) is 23.1. The van der Waals surface area contributed by atoms with Gasteiger partial charge in [0.05, 0.1) is 49.5 Å². The minimum absolute atomic E-state index is 0.0127. The van der Waals surface area contributed by atoms with Gasteiger partial charge in [-0.3, -0.25) is 19.6 Å². The standard InChI is InChI=1S/2C30H35N3O4.BH4PS/c2*1-7-8-35-28-18(5)29-30(37-14-36-29)26-20(28)11-22-27-25-17(4)16(3)15(2)9-19(25)10-21(32(27)6)23(12-31)33(22)24(26)13-34;2-1-3/h2*7,9,21-24,27,34H,1,8,10-11,13-14H2,2-6H3;1,3H,2H2/t2*21-,22?,23-,24-,27?;/m00./s1/i34T;;1D. The number of likely N-dealkylation sites (N-methyl/N-ethyl adjacent to an activating group) is 2. The number of thiol groups is 1. The molecule has 4 bridgehead atoms. The highest BCUT2D eigenvalue weighted by Gasteiger charge is 2.58. The number of rotatable bonds is 9. The van der Waals surface area contributed by atoms with E-state index in [4.69, 9.17) is 36.3 Å². The summed E-state index contributed by atoms with van der Waals surface area (Å²) in [6, 6.07) is 8.68. The van der Waals surface area contributed by atoms with Crippen LogP contribution in [0.3, 0.4) is 0 Å². The van der Waals surface area contributed by atoms with Gasteiger partial charge in [0, 0.05) is 57.5 Å². The Morgan fingerprint density at radius 3 is 1.43 bits per heavy atom. The van der Waals surface area contributed by atoms with Crippen molar-refractivity contribution in [1.82, 2.24) is 19.6 Å². The van der Waals surface area contributed by atoms with Crippen LogP contribution >= 0.6 is 21.6 Å². The van der Waals surface area contributed by atoms with E-state index >= 15 is 0 Å². The molecule has 11 atom stereocenters. The van der Waals surface area contributed by atoms with Crippen LogP contribution in [0.25, 0.3) is 0 Å². The normalized spacial score (nSPS) is 27.1. The first-order chi connectivity index (χ1) is 37.9. The zero-order chi connectivity index (χ0) is 56.6. The highest BCUT2D eigenvalue weighted by molar-refractivity contribution is 8.20. The van der Waals surface area contributed by atoms with Crippen LogP contribution in [0.4, 0.5) is 0 Å². The molecule has 5 unspecified atom stereocenters. The first-order valence-electron chi connectivity index (χ1n) is 27.8. The van der Waals surface area contributed by atoms with Gasteiger partial charge in [0.25, 0.3) is 0 Å². The first kappa shape index (κ1) is 52.4. The molecule has 0 aromatic heterocycles. The van der Waals surface area contributed by atoms with E-state index in [9.17, 15) is 15.6 Å². The minimum atomic E-state index is -0.396. The van der Waals surface area contributed by atoms with Crippen molar-refractivity contribution in [3.05, 3.63) is 126 Å². The number of hydrogen-bond acceptors (Lipinski definition) is 15. The molecule has 0 aliphatic carbocycles. The number of fused-ring (bicyclic) bond motifs is 18. The third-order valence-corrected chi connectivity index (χ3v) is 18.6. The number of piperazine rings is 2. The molecular weight excluding hydrogens is 1010 g/mol. The molecule has 0 saturated carbocycles. The number of aliphatic hydroxyl groups excluding tert-OH is 2. The number of aliphatic hydroxyl groups is 2. The molecule has 12 rings (SSSR count). The molecule has 0 spiro atoms. The van der Waals surface area contributed by atoms with Gasteiger partial charge >= 0.3 is 0 Å². The van der Waals surface area contributed by atoms with Crippen molar-refractivity contribution in [3.8, 4) is 46.6 Å². The number of ether oxygens (including phenoxy) is 6. The van der Waals surface area contributed by atoms with Gasteiger partial charge in [0.15, 0.2) is 23.0 Å². The molecule has 4 aromatic rings. The molecule has 77 heavy (non-hydrogen) atoms. The fraction of sp³-hybridized carbons (Fsp3) is 0.500. The average molecular weight is 1080 g/mol. The van der Waals surface area contributed by atoms with Crippen LogP contribution in [0.2, 0.25) is 0 Å². The van der Waals surface area contributed by atoms with Crippen molar-refractivity contribution in [2.75, 3.05) is 54.1 Å². The topological polar surface area (TPSA) is 156 Å². The highest BCUT2D eigenvalue weighted by atomic mass is 32.1. The highest BCUT2D eigenvalue weighted by Crippen LogP contribution is 2.59. The largest absolute Gasteiger partial charge is 0.489 e. The van der Waals surface area contributed by atoms with Gasteiger partial charge in [0.1, 0.15) is 36.8 Å². The van der Waals surface area contributed by atoms with Crippen LogP contribution in [-0.4, -0.2) is 129 Å². The maximum atomic E-state index is 10.9. The predicted octanol–water partition coefficient (Wildman–Crippen LogP) is 8.01. The second-order valence-electron chi connectivity index (χ2n) is 21.9. The van der Waals surface area contributed by atoms with Crippen LogP contribution in [0.15, 0.2) is 37.4 Å². The van der Waals surface area contributed by atoms with Gasteiger partial charge in [0.2, 0.25) is 21.3 Å². The van der Waals surface area contributed by atoms with Crippen molar-refractivity contribution >= 4 is 27.8 Å². The van der Waals surface area contributed by atoms with Gasteiger partial charge in [-0.15, -0.1) is 0 Å². The molecule has 8 aliphatic rings. The fourth-order valence-electron chi connectivity index (χ4n) is 15.0. The predicted molar refractivity (Wildman–Crippen MR) is 306 cm³/mol. The fourth-order valence-corrected chi connectivity index (χ4v) is 15.0. The van der Waals surface area contributed by atoms with Gasteiger partial charge in [-0.1, -0.05) is 37.4 Å². The zero-order valence-electron chi connectivity index (χ0n) is 48.2. The van der Waals surface area contributed by atoms with E-state index in [0.717, 1.165) is 57.7 Å². The molecule has 2 N–H and O–H groups in total. The maximum Gasteiger partial charge on any atom is 0.231 e. The lowest BCUT2D eigenvalue weighted by Gasteiger charge is -2.60. The Kier molecular flexibility index (Phi) is 14.8. The van der Waals surface area contributed by atoms with Crippen LogP contribution in [0.1, 0.15) is 113 Å². The van der Waals surface area contributed by atoms with Crippen molar-refractivity contribution < 1.29 is 38.6 Å². The molecule has 2 saturated heterocycles. The van der Waals surface area contributed by atoms with Gasteiger partial charge < -0.3 is 38.6 Å². The third-order valence-electron chi connectivity index (χ3n) is 18.6. The number of nitrogens with zero attached hydrogens (tertiary/aromatic N) is 6. The molecule has 14 nitrogen and oxygen atoms in total. The summed E-state index contributed by atoms with van der Waals surface area (Å²) in [6.45, 7) is 25.9. The van der Waals surface area contributed by atoms with Crippen molar-refractivity contribution in [2.24, 2.45) is 0 Å². The van der Waals surface area contributed by atoms with E-state index in [2.05, 4.69) is 134 Å². The smallest absolute Gasteiger partial charge is 0.231 e. The first-order valence-corrected chi connectivity index (χ1v) is 28.0. The van der Waals surface area contributed by atoms with Crippen LogP contribution in [0, 0.1) is 78.1 Å². The summed E-state index contributed by atoms with van der Waals surface area (Å²) >= 11 is 3.60. The Labute approximate surface area is 466 Å². The van der Waals surface area contributed by atoms with Gasteiger partial charge in [-0.25, -0.2) is 12.5 Å². The van der Waals surface area contributed by atoms with E-state index in [1.165, 1.54) is 55.6 Å². The maximum absolute atomic E-state index is 10.9. The van der Waals surface area contributed by atoms with E-state index in [0.29, 0.717) is 49.1 Å². The molecule has 8 heterocycles. The van der Waals surface area contributed by atoms with E-state index in [1.54, 1.807) is 12.2 Å². The summed E-state index contributed by atoms with van der Waals surface area (Å²) in [5, 5.41) is 37.1. The number of nitriles is 2. The van der Waals surface area contributed by atoms with E-state index in [1.807, 2.05) is 13.8 Å². The lowest BCUT2D eigenvalue weighted by atomic mass is 9.70. The summed E-state index contributed by atoms with van der Waals surface area (Å²) in [5.41, 5.74) is 19.1.